The van der Waals surface area contributed by atoms with Crippen molar-refractivity contribution >= 4 is 11.5 Å². The lowest BCUT2D eigenvalue weighted by Crippen LogP contribution is -2.41. The first kappa shape index (κ1) is 12.8. The van der Waals surface area contributed by atoms with Gasteiger partial charge in [0.1, 0.15) is 11.6 Å². The zero-order valence-corrected chi connectivity index (χ0v) is 11.3. The van der Waals surface area contributed by atoms with Crippen LogP contribution in [0.15, 0.2) is 23.9 Å². The number of fused-ring (bicyclic) bond motifs is 1. The quantitative estimate of drug-likeness (QED) is 0.765. The van der Waals surface area contributed by atoms with Gasteiger partial charge < -0.3 is 9.64 Å². The lowest BCUT2D eigenvalue weighted by atomic mass is 9.91. The van der Waals surface area contributed by atoms with Gasteiger partial charge in [-0.1, -0.05) is 6.07 Å². The number of ketones is 1. The van der Waals surface area contributed by atoms with E-state index in [4.69, 9.17) is 4.74 Å². The molecule has 1 aliphatic carbocycles. The van der Waals surface area contributed by atoms with E-state index in [1.165, 1.54) is 0 Å². The summed E-state index contributed by atoms with van der Waals surface area (Å²) in [5.74, 6) is -0.123. The van der Waals surface area contributed by atoms with E-state index in [1.807, 2.05) is 19.1 Å². The Morgan fingerprint density at radius 3 is 3.15 bits per heavy atom. The first-order valence-corrected chi connectivity index (χ1v) is 6.69. The van der Waals surface area contributed by atoms with Gasteiger partial charge in [-0.25, -0.2) is 0 Å². The fourth-order valence-electron chi connectivity index (χ4n) is 2.75. The summed E-state index contributed by atoms with van der Waals surface area (Å²) >= 11 is 0. The minimum atomic E-state index is -0.123. The van der Waals surface area contributed by atoms with Gasteiger partial charge in [-0.05, 0) is 18.6 Å². The molecule has 20 heavy (non-hydrogen) atoms. The molecule has 5 heteroatoms. The van der Waals surface area contributed by atoms with Crippen LogP contribution in [0.3, 0.4) is 0 Å². The summed E-state index contributed by atoms with van der Waals surface area (Å²) in [4.78, 5) is 18.6. The Hall–Kier alpha value is -2.19. The highest BCUT2D eigenvalue weighted by Gasteiger charge is 2.31. The predicted molar refractivity (Wildman–Crippen MR) is 72.5 cm³/mol. The number of rotatable bonds is 1. The van der Waals surface area contributed by atoms with E-state index in [9.17, 15) is 10.1 Å². The van der Waals surface area contributed by atoms with Crippen LogP contribution >= 0.6 is 0 Å². The van der Waals surface area contributed by atoms with Crippen LogP contribution in [-0.2, 0) is 16.0 Å². The van der Waals surface area contributed by atoms with Crippen molar-refractivity contribution in [1.82, 2.24) is 9.88 Å². The zero-order chi connectivity index (χ0) is 14.1. The number of hydrogen-bond donors (Lipinski definition) is 0. The van der Waals surface area contributed by atoms with Gasteiger partial charge in [0.15, 0.2) is 5.78 Å². The van der Waals surface area contributed by atoms with Gasteiger partial charge in [-0.3, -0.25) is 9.78 Å². The third kappa shape index (κ3) is 2.08. The number of nitriles is 1. The second-order valence-electron chi connectivity index (χ2n) is 5.07. The number of hydrogen-bond acceptors (Lipinski definition) is 5. The fraction of sp³-hybridized carbons (Fsp3) is 0.400. The van der Waals surface area contributed by atoms with E-state index in [1.54, 1.807) is 6.20 Å². The van der Waals surface area contributed by atoms with Gasteiger partial charge in [-0.15, -0.1) is 0 Å². The van der Waals surface area contributed by atoms with E-state index in [0.29, 0.717) is 25.4 Å². The number of morpholine rings is 1. The number of carbonyl (C=O) groups is 1. The lowest BCUT2D eigenvalue weighted by Gasteiger charge is -2.36. The Morgan fingerprint density at radius 1 is 1.55 bits per heavy atom. The van der Waals surface area contributed by atoms with Gasteiger partial charge >= 0.3 is 0 Å². The first-order valence-electron chi connectivity index (χ1n) is 6.69. The van der Waals surface area contributed by atoms with Crippen molar-refractivity contribution in [2.24, 2.45) is 0 Å². The molecule has 1 aromatic heterocycles. The van der Waals surface area contributed by atoms with Crippen LogP contribution in [0, 0.1) is 11.3 Å². The SMILES string of the molecule is C[C@H]1CN(C2=C(C#N)C(=O)Cc3cccnc32)CCO1. The maximum atomic E-state index is 12.2. The molecule has 1 aliphatic heterocycles. The van der Waals surface area contributed by atoms with Crippen molar-refractivity contribution in [3.05, 3.63) is 35.2 Å². The molecule has 0 spiro atoms. The molecule has 0 N–H and O–H groups in total. The normalized spacial score (nSPS) is 22.5. The molecule has 1 saturated heterocycles. The van der Waals surface area contributed by atoms with Gasteiger partial charge in [0.25, 0.3) is 0 Å². The molecule has 1 atom stereocenters. The summed E-state index contributed by atoms with van der Waals surface area (Å²) in [6.45, 7) is 3.93. The average Bonchev–Trinajstić information content (AvgIpc) is 2.45. The number of pyridine rings is 1. The maximum Gasteiger partial charge on any atom is 0.180 e. The summed E-state index contributed by atoms with van der Waals surface area (Å²) in [5, 5.41) is 9.34. The van der Waals surface area contributed by atoms with E-state index >= 15 is 0 Å². The summed E-state index contributed by atoms with van der Waals surface area (Å²) in [6.07, 6.45) is 2.04. The van der Waals surface area contributed by atoms with Crippen LogP contribution in [0.2, 0.25) is 0 Å². The number of Topliss-reactive ketones (excluding diaryl/α,β-unsaturated/α-hetero) is 1. The number of allylic oxidation sites excluding steroid dienone is 1. The van der Waals surface area contributed by atoms with Crippen LogP contribution in [0.5, 0.6) is 0 Å². The Kier molecular flexibility index (Phi) is 3.25. The Bertz CT molecular complexity index is 630. The molecular formula is C15H15N3O2. The number of aromatic nitrogens is 1. The van der Waals surface area contributed by atoms with Crippen molar-refractivity contribution in [2.45, 2.75) is 19.4 Å². The first-order chi connectivity index (χ1) is 9.70. The van der Waals surface area contributed by atoms with Crippen LogP contribution in [-0.4, -0.2) is 41.5 Å². The summed E-state index contributed by atoms with van der Waals surface area (Å²) in [5.41, 5.74) is 2.56. The molecule has 0 unspecified atom stereocenters. The molecule has 1 fully saturated rings. The minimum absolute atomic E-state index is 0.0837. The van der Waals surface area contributed by atoms with Gasteiger partial charge in [0, 0.05) is 25.7 Å². The molecule has 0 amide bonds. The van der Waals surface area contributed by atoms with Crippen molar-refractivity contribution in [3.8, 4) is 6.07 Å². The molecule has 2 aliphatic rings. The van der Waals surface area contributed by atoms with Crippen LogP contribution in [0.1, 0.15) is 18.2 Å². The molecule has 2 heterocycles. The number of carbonyl (C=O) groups excluding carboxylic acids is 1. The Balaban J connectivity index is 2.12. The van der Waals surface area contributed by atoms with Gasteiger partial charge in [0.2, 0.25) is 0 Å². The second kappa shape index (κ2) is 5.06. The monoisotopic (exact) mass is 269 g/mol. The molecule has 0 saturated carbocycles. The van der Waals surface area contributed by atoms with E-state index in [2.05, 4.69) is 16.0 Å². The predicted octanol–water partition coefficient (Wildman–Crippen LogP) is 1.16. The van der Waals surface area contributed by atoms with Gasteiger partial charge in [0.05, 0.1) is 24.1 Å². The molecule has 0 aromatic carbocycles. The molecule has 102 valence electrons. The van der Waals surface area contributed by atoms with Crippen LogP contribution in [0.4, 0.5) is 0 Å². The lowest BCUT2D eigenvalue weighted by molar-refractivity contribution is -0.114. The average molecular weight is 269 g/mol. The minimum Gasteiger partial charge on any atom is -0.375 e. The van der Waals surface area contributed by atoms with Crippen molar-refractivity contribution < 1.29 is 9.53 Å². The fourth-order valence-corrected chi connectivity index (χ4v) is 2.75. The third-order valence-electron chi connectivity index (χ3n) is 3.65. The highest BCUT2D eigenvalue weighted by atomic mass is 16.5. The van der Waals surface area contributed by atoms with Crippen LogP contribution in [0.25, 0.3) is 5.70 Å². The highest BCUT2D eigenvalue weighted by Crippen LogP contribution is 2.31. The molecule has 1 aromatic rings. The number of nitrogens with zero attached hydrogens (tertiary/aromatic N) is 3. The number of ether oxygens (including phenoxy) is 1. The Labute approximate surface area is 117 Å². The molecular weight excluding hydrogens is 254 g/mol. The largest absolute Gasteiger partial charge is 0.375 e. The van der Waals surface area contributed by atoms with E-state index in [-0.39, 0.29) is 23.9 Å². The topological polar surface area (TPSA) is 66.2 Å². The zero-order valence-electron chi connectivity index (χ0n) is 11.3. The smallest absolute Gasteiger partial charge is 0.180 e. The van der Waals surface area contributed by atoms with Crippen molar-refractivity contribution in [1.29, 1.82) is 5.26 Å². The third-order valence-corrected chi connectivity index (χ3v) is 3.65. The molecule has 0 bridgehead atoms. The van der Waals surface area contributed by atoms with Crippen LogP contribution < -0.4 is 0 Å². The van der Waals surface area contributed by atoms with E-state index < -0.39 is 0 Å². The van der Waals surface area contributed by atoms with E-state index in [0.717, 1.165) is 11.3 Å². The standard InChI is InChI=1S/C15H15N3O2/c1-10-9-18(5-6-20-10)15-12(8-16)13(19)7-11-3-2-4-17-14(11)15/h2-4,10H,5-7,9H2,1H3/t10-/m0/s1. The summed E-state index contributed by atoms with van der Waals surface area (Å²) in [6, 6.07) is 5.79. The molecule has 3 rings (SSSR count). The van der Waals surface area contributed by atoms with Crippen molar-refractivity contribution in [2.75, 3.05) is 19.7 Å². The molecule has 5 nitrogen and oxygen atoms in total. The highest BCUT2D eigenvalue weighted by molar-refractivity contribution is 6.09. The summed E-state index contributed by atoms with van der Waals surface area (Å²) < 4.78 is 5.53. The maximum absolute atomic E-state index is 12.2. The summed E-state index contributed by atoms with van der Waals surface area (Å²) in [7, 11) is 0. The second-order valence-corrected chi connectivity index (χ2v) is 5.07. The van der Waals surface area contributed by atoms with Crippen molar-refractivity contribution in [3.63, 3.8) is 0 Å². The molecule has 0 radical (unpaired) electrons. The Morgan fingerprint density at radius 2 is 2.40 bits per heavy atom. The van der Waals surface area contributed by atoms with Gasteiger partial charge in [-0.2, -0.15) is 5.26 Å².